The third kappa shape index (κ3) is 31.0. The highest BCUT2D eigenvalue weighted by atomic mass is 16.6. The van der Waals surface area contributed by atoms with Crippen LogP contribution in [0, 0.1) is 11.8 Å². The van der Waals surface area contributed by atoms with Crippen LogP contribution in [0.5, 0.6) is 0 Å². The predicted octanol–water partition coefficient (Wildman–Crippen LogP) is 5.21. The van der Waals surface area contributed by atoms with Crippen LogP contribution in [0.2, 0.25) is 0 Å². The smallest absolute Gasteiger partial charge is 0.232 e. The summed E-state index contributed by atoms with van der Waals surface area (Å²) in [5.74, 6) is -0.191. The van der Waals surface area contributed by atoms with Crippen LogP contribution < -0.4 is 5.32 Å². The van der Waals surface area contributed by atoms with Gasteiger partial charge in [0, 0.05) is 79.1 Å². The zero-order valence-electron chi connectivity index (χ0n) is 36.6. The molecule has 0 radical (unpaired) electrons. The maximum absolute atomic E-state index is 12.3. The van der Waals surface area contributed by atoms with Gasteiger partial charge < -0.3 is 48.3 Å². The average Bonchev–Trinajstić information content (AvgIpc) is 3.45. The highest BCUT2D eigenvalue weighted by Crippen LogP contribution is 2.22. The Kier molecular flexibility index (Phi) is 36.8. The lowest BCUT2D eigenvalue weighted by atomic mass is 10.1. The van der Waals surface area contributed by atoms with E-state index in [1.807, 2.05) is 41.5 Å². The molecule has 14 heteroatoms. The zero-order valence-corrected chi connectivity index (χ0v) is 36.6. The molecule has 1 fully saturated rings. The molecule has 4 atom stereocenters. The summed E-state index contributed by atoms with van der Waals surface area (Å²) < 4.78 is 46.4. The van der Waals surface area contributed by atoms with Gasteiger partial charge in [0.15, 0.2) is 0 Å². The van der Waals surface area contributed by atoms with Gasteiger partial charge in [0.05, 0.1) is 57.5 Å². The number of aliphatic hydroxyl groups excluding tert-OH is 1. The van der Waals surface area contributed by atoms with Crippen LogP contribution in [0.1, 0.15) is 114 Å². The van der Waals surface area contributed by atoms with E-state index < -0.39 is 0 Å². The monoisotopic (exact) mass is 795 g/mol. The maximum atomic E-state index is 12.3. The number of methoxy groups -OCH3 is 1. The van der Waals surface area contributed by atoms with Crippen LogP contribution in [0.4, 0.5) is 0 Å². The van der Waals surface area contributed by atoms with Gasteiger partial charge in [-0.1, -0.05) is 34.6 Å². The molecule has 1 aliphatic rings. The largest absolute Gasteiger partial charge is 0.400 e. The van der Waals surface area contributed by atoms with Crippen LogP contribution in [0.3, 0.4) is 0 Å². The second-order valence-electron chi connectivity index (χ2n) is 14.4. The van der Waals surface area contributed by atoms with Crippen molar-refractivity contribution >= 4 is 17.7 Å². The molecule has 1 aliphatic heterocycles. The van der Waals surface area contributed by atoms with E-state index in [0.717, 1.165) is 39.4 Å². The first-order chi connectivity index (χ1) is 26.4. The number of aliphatic hydroxyl groups is 1. The number of imide groups is 1. The van der Waals surface area contributed by atoms with Gasteiger partial charge in [0.2, 0.25) is 17.7 Å². The maximum Gasteiger partial charge on any atom is 0.232 e. The predicted molar refractivity (Wildman–Crippen MR) is 215 cm³/mol. The molecule has 0 aromatic rings. The molecular weight excluding hydrogens is 712 g/mol. The Morgan fingerprint density at radius 3 is 1.93 bits per heavy atom. The number of hydrogen-bond donors (Lipinski definition) is 2. The fourth-order valence-corrected chi connectivity index (χ4v) is 4.96. The van der Waals surface area contributed by atoms with Crippen molar-refractivity contribution in [2.75, 3.05) is 100.0 Å². The van der Waals surface area contributed by atoms with E-state index >= 15 is 0 Å². The minimum atomic E-state index is -0.284. The minimum absolute atomic E-state index is 0.0953. The van der Waals surface area contributed by atoms with Gasteiger partial charge >= 0.3 is 0 Å². The van der Waals surface area contributed by atoms with Crippen molar-refractivity contribution in [3.8, 4) is 0 Å². The first-order valence-electron chi connectivity index (χ1n) is 20.6. The van der Waals surface area contributed by atoms with E-state index in [2.05, 4.69) is 26.1 Å². The molecule has 14 nitrogen and oxygen atoms in total. The summed E-state index contributed by atoms with van der Waals surface area (Å²) in [6.07, 6.45) is 5.06. The third-order valence-corrected chi connectivity index (χ3v) is 8.84. The quantitative estimate of drug-likeness (QED) is 0.0648. The molecule has 328 valence electrons. The number of likely N-dealkylation sites (tertiary alicyclic amines) is 1. The normalized spacial score (nSPS) is 16.0. The molecule has 0 saturated carbocycles. The van der Waals surface area contributed by atoms with Crippen LogP contribution in [-0.2, 0) is 52.3 Å². The molecule has 1 rings (SSSR count). The Labute approximate surface area is 334 Å². The van der Waals surface area contributed by atoms with Crippen LogP contribution in [-0.4, -0.2) is 152 Å². The van der Waals surface area contributed by atoms with Crippen molar-refractivity contribution in [3.63, 3.8) is 0 Å². The molecule has 55 heavy (non-hydrogen) atoms. The number of hydrogen-bond acceptors (Lipinski definition) is 12. The third-order valence-electron chi connectivity index (χ3n) is 8.84. The van der Waals surface area contributed by atoms with Crippen molar-refractivity contribution < 1.29 is 57.4 Å². The summed E-state index contributed by atoms with van der Waals surface area (Å²) in [7, 11) is 2.71. The van der Waals surface area contributed by atoms with E-state index in [0.29, 0.717) is 91.4 Å². The number of nitrogens with one attached hydrogen (secondary N) is 1. The van der Waals surface area contributed by atoms with E-state index in [1.54, 1.807) is 7.11 Å². The molecule has 1 saturated heterocycles. The van der Waals surface area contributed by atoms with Gasteiger partial charge in [-0.15, -0.1) is 0 Å². The Hall–Kier alpha value is -1.75. The number of nitrogens with zero attached hydrogens (tertiary/aromatic N) is 1. The molecule has 3 amide bonds. The average molecular weight is 795 g/mol. The van der Waals surface area contributed by atoms with Gasteiger partial charge in [-0.2, -0.15) is 0 Å². The lowest BCUT2D eigenvalue weighted by molar-refractivity contribution is -0.139. The van der Waals surface area contributed by atoms with Gasteiger partial charge in [-0.3, -0.25) is 19.3 Å². The van der Waals surface area contributed by atoms with Crippen molar-refractivity contribution in [2.45, 2.75) is 138 Å². The van der Waals surface area contributed by atoms with E-state index in [4.69, 9.17) is 43.0 Å². The Morgan fingerprint density at radius 1 is 0.800 bits per heavy atom. The fourth-order valence-electron chi connectivity index (χ4n) is 4.96. The summed E-state index contributed by atoms with van der Waals surface area (Å²) in [5.41, 5.74) is -0.189. The summed E-state index contributed by atoms with van der Waals surface area (Å²) in [5, 5.41) is 9.83. The summed E-state index contributed by atoms with van der Waals surface area (Å²) in [6, 6.07) is 0. The molecule has 2 N–H and O–H groups in total. The highest BCUT2D eigenvalue weighted by molar-refractivity contribution is 6.03. The fraction of sp³-hybridized carbons (Fsp3) is 0.927. The van der Waals surface area contributed by atoms with Crippen molar-refractivity contribution in [1.29, 1.82) is 0 Å². The molecule has 0 aromatic carbocycles. The molecule has 0 aliphatic carbocycles. The minimum Gasteiger partial charge on any atom is -0.400 e. The first-order valence-corrected chi connectivity index (χ1v) is 20.6. The SMILES string of the molecule is CC.CCC1CC(=O)N(CCC(=O)NCCCOCC(COCCOCCC(C)OCCC(C)(C)OC)OCCOCCC(C)OCCC(C)C)C1=O.CO. The summed E-state index contributed by atoms with van der Waals surface area (Å²) >= 11 is 0. The van der Waals surface area contributed by atoms with Crippen LogP contribution in [0.25, 0.3) is 0 Å². The zero-order chi connectivity index (χ0) is 41.9. The Bertz CT molecular complexity index is 924. The molecule has 0 aromatic heterocycles. The molecular formula is C41H82N2O12. The summed E-state index contributed by atoms with van der Waals surface area (Å²) in [6.45, 7) is 24.5. The highest BCUT2D eigenvalue weighted by Gasteiger charge is 2.37. The van der Waals surface area contributed by atoms with Gasteiger partial charge in [-0.05, 0) is 72.1 Å². The van der Waals surface area contributed by atoms with Crippen molar-refractivity contribution in [2.24, 2.45) is 11.8 Å². The Morgan fingerprint density at radius 2 is 1.36 bits per heavy atom. The Balaban J connectivity index is 0. The number of carbonyl (C=O) groups is 3. The first kappa shape index (κ1) is 55.3. The molecule has 4 unspecified atom stereocenters. The second kappa shape index (κ2) is 36.6. The van der Waals surface area contributed by atoms with Crippen molar-refractivity contribution in [3.05, 3.63) is 0 Å². The topological polar surface area (TPSA) is 161 Å². The molecule has 1 heterocycles. The van der Waals surface area contributed by atoms with Gasteiger partial charge in [-0.25, -0.2) is 0 Å². The van der Waals surface area contributed by atoms with E-state index in [-0.39, 0.29) is 66.9 Å². The van der Waals surface area contributed by atoms with Gasteiger partial charge in [0.25, 0.3) is 0 Å². The lowest BCUT2D eigenvalue weighted by Crippen LogP contribution is -2.35. The van der Waals surface area contributed by atoms with Crippen molar-refractivity contribution in [1.82, 2.24) is 10.2 Å². The molecule has 0 spiro atoms. The summed E-state index contributed by atoms with van der Waals surface area (Å²) in [4.78, 5) is 37.8. The number of amides is 3. The van der Waals surface area contributed by atoms with E-state index in [1.165, 1.54) is 4.90 Å². The lowest BCUT2D eigenvalue weighted by Gasteiger charge is -2.23. The van der Waals surface area contributed by atoms with E-state index in [9.17, 15) is 14.4 Å². The van der Waals surface area contributed by atoms with Gasteiger partial charge in [0.1, 0.15) is 6.10 Å². The number of ether oxygens (including phenoxy) is 8. The van der Waals surface area contributed by atoms with Crippen LogP contribution in [0.15, 0.2) is 0 Å². The standard InChI is InChI=1S/C38H72N2O11.C2H6.CH4O/c1-9-33-27-36(42)40(37(33)43)17-11-35(41)39-16-10-18-47-28-34(51-26-25-46-20-13-31(4)49-21-12-30(2)3)29-48-24-23-45-19-14-32(5)50-22-15-38(6,7)44-8;2*1-2/h30-34H,9-29H2,1-8H3,(H,39,41);1-2H3;2H,1H3. The van der Waals surface area contributed by atoms with Crippen LogP contribution >= 0.6 is 0 Å². The second-order valence-corrected chi connectivity index (χ2v) is 14.4. The number of rotatable bonds is 34. The molecule has 0 bridgehead atoms. The number of carbonyl (C=O) groups excluding carboxylic acids is 3.